The average molecular weight is 296 g/mol. The summed E-state index contributed by atoms with van der Waals surface area (Å²) in [6, 6.07) is 0. The van der Waals surface area contributed by atoms with Crippen LogP contribution in [0.5, 0.6) is 0 Å². The van der Waals surface area contributed by atoms with Crippen molar-refractivity contribution in [3.63, 3.8) is 0 Å². The lowest BCUT2D eigenvalue weighted by atomic mass is 9.75. The Balaban J connectivity index is 1.63. The normalized spacial score (nSPS) is 29.1. The molecule has 3 nitrogen and oxygen atoms in total. The summed E-state index contributed by atoms with van der Waals surface area (Å²) in [5.74, 6) is 0.893. The van der Waals surface area contributed by atoms with E-state index in [-0.39, 0.29) is 0 Å². The quantitative estimate of drug-likeness (QED) is 0.761. The monoisotopic (exact) mass is 296 g/mol. The Hall–Kier alpha value is -0.120. The molecule has 0 bridgehead atoms. The van der Waals surface area contributed by atoms with Gasteiger partial charge in [0.05, 0.1) is 12.2 Å². The van der Waals surface area contributed by atoms with Gasteiger partial charge in [0, 0.05) is 13.1 Å². The van der Waals surface area contributed by atoms with Gasteiger partial charge in [0.15, 0.2) is 0 Å². The van der Waals surface area contributed by atoms with Gasteiger partial charge in [0.25, 0.3) is 0 Å². The molecule has 0 aromatic rings. The van der Waals surface area contributed by atoms with Crippen molar-refractivity contribution in [3.05, 3.63) is 0 Å². The van der Waals surface area contributed by atoms with E-state index >= 15 is 0 Å². The van der Waals surface area contributed by atoms with E-state index in [1.807, 2.05) is 0 Å². The van der Waals surface area contributed by atoms with Crippen LogP contribution in [-0.4, -0.2) is 49.8 Å². The zero-order valence-corrected chi connectivity index (χ0v) is 14.7. The third kappa shape index (κ3) is 5.54. The van der Waals surface area contributed by atoms with Crippen LogP contribution in [0.25, 0.3) is 0 Å². The molecule has 2 heterocycles. The summed E-state index contributed by atoms with van der Waals surface area (Å²) in [5.41, 5.74) is 0.478. The molecular weight excluding hydrogens is 260 g/mol. The predicted octanol–water partition coefficient (Wildman–Crippen LogP) is 3.29. The van der Waals surface area contributed by atoms with Crippen molar-refractivity contribution in [1.82, 2.24) is 10.2 Å². The molecule has 1 N–H and O–H groups in total. The third-order valence-electron chi connectivity index (χ3n) is 5.27. The molecule has 0 aromatic heterocycles. The van der Waals surface area contributed by atoms with Crippen LogP contribution in [0.3, 0.4) is 0 Å². The predicted molar refractivity (Wildman–Crippen MR) is 89.7 cm³/mol. The van der Waals surface area contributed by atoms with Crippen LogP contribution in [0, 0.1) is 11.3 Å². The van der Waals surface area contributed by atoms with Gasteiger partial charge in [-0.3, -0.25) is 0 Å². The second-order valence-corrected chi connectivity index (χ2v) is 8.10. The molecular formula is C18H36N2O. The van der Waals surface area contributed by atoms with Gasteiger partial charge < -0.3 is 15.0 Å². The van der Waals surface area contributed by atoms with E-state index in [0.29, 0.717) is 17.6 Å². The van der Waals surface area contributed by atoms with E-state index in [9.17, 15) is 0 Å². The van der Waals surface area contributed by atoms with Crippen molar-refractivity contribution >= 4 is 0 Å². The van der Waals surface area contributed by atoms with Gasteiger partial charge in [-0.05, 0) is 63.1 Å². The molecule has 124 valence electrons. The molecule has 21 heavy (non-hydrogen) atoms. The summed E-state index contributed by atoms with van der Waals surface area (Å²) < 4.78 is 6.20. The molecule has 2 aliphatic rings. The number of rotatable bonds is 6. The molecule has 0 aromatic carbocycles. The van der Waals surface area contributed by atoms with Gasteiger partial charge in [0.2, 0.25) is 0 Å². The topological polar surface area (TPSA) is 24.5 Å². The van der Waals surface area contributed by atoms with Gasteiger partial charge in [0.1, 0.15) is 0 Å². The summed E-state index contributed by atoms with van der Waals surface area (Å²) in [4.78, 5) is 2.63. The second-order valence-electron chi connectivity index (χ2n) is 8.10. The maximum absolute atomic E-state index is 6.20. The molecule has 0 aliphatic carbocycles. The van der Waals surface area contributed by atoms with Crippen LogP contribution < -0.4 is 5.32 Å². The summed E-state index contributed by atoms with van der Waals surface area (Å²) >= 11 is 0. The van der Waals surface area contributed by atoms with Crippen molar-refractivity contribution in [3.8, 4) is 0 Å². The van der Waals surface area contributed by atoms with Crippen LogP contribution in [0.4, 0.5) is 0 Å². The first-order chi connectivity index (χ1) is 9.99. The summed E-state index contributed by atoms with van der Waals surface area (Å²) in [5, 5.41) is 3.48. The van der Waals surface area contributed by atoms with Gasteiger partial charge >= 0.3 is 0 Å². The zero-order chi connectivity index (χ0) is 15.3. The minimum Gasteiger partial charge on any atom is -0.372 e. The van der Waals surface area contributed by atoms with E-state index in [4.69, 9.17) is 4.74 Å². The number of hydrogen-bond donors (Lipinski definition) is 1. The SMILES string of the molecule is CCCNCC1CCC(CN2CCC(C(C)(C)C)CC2)O1. The second kappa shape index (κ2) is 7.94. The molecule has 0 amide bonds. The first kappa shape index (κ1) is 17.2. The van der Waals surface area contributed by atoms with E-state index in [0.717, 1.165) is 25.6 Å². The van der Waals surface area contributed by atoms with Crippen molar-refractivity contribution in [2.24, 2.45) is 11.3 Å². The fraction of sp³-hybridized carbons (Fsp3) is 1.00. The lowest BCUT2D eigenvalue weighted by molar-refractivity contribution is 0.0111. The maximum atomic E-state index is 6.20. The molecule has 0 spiro atoms. The maximum Gasteiger partial charge on any atom is 0.0707 e. The molecule has 2 aliphatic heterocycles. The first-order valence-corrected chi connectivity index (χ1v) is 9.07. The first-order valence-electron chi connectivity index (χ1n) is 9.07. The van der Waals surface area contributed by atoms with Crippen LogP contribution in [0.2, 0.25) is 0 Å². The minimum absolute atomic E-state index is 0.452. The van der Waals surface area contributed by atoms with Crippen LogP contribution >= 0.6 is 0 Å². The Bertz CT molecular complexity index is 292. The highest BCUT2D eigenvalue weighted by Gasteiger charge is 2.31. The Morgan fingerprint density at radius 3 is 2.33 bits per heavy atom. The lowest BCUT2D eigenvalue weighted by Gasteiger charge is -2.39. The van der Waals surface area contributed by atoms with Gasteiger partial charge in [-0.2, -0.15) is 0 Å². The van der Waals surface area contributed by atoms with Crippen molar-refractivity contribution in [2.45, 2.75) is 72.0 Å². The van der Waals surface area contributed by atoms with Crippen molar-refractivity contribution in [2.75, 3.05) is 32.7 Å². The largest absolute Gasteiger partial charge is 0.372 e. The van der Waals surface area contributed by atoms with E-state index in [1.54, 1.807) is 0 Å². The summed E-state index contributed by atoms with van der Waals surface area (Å²) in [6.07, 6.45) is 7.34. The van der Waals surface area contributed by atoms with Crippen molar-refractivity contribution < 1.29 is 4.74 Å². The molecule has 2 unspecified atom stereocenters. The minimum atomic E-state index is 0.452. The van der Waals surface area contributed by atoms with Gasteiger partial charge in [-0.15, -0.1) is 0 Å². The smallest absolute Gasteiger partial charge is 0.0707 e. The molecule has 2 rings (SSSR count). The Morgan fingerprint density at radius 1 is 1.05 bits per heavy atom. The highest BCUT2D eigenvalue weighted by molar-refractivity contribution is 4.83. The number of nitrogens with zero attached hydrogens (tertiary/aromatic N) is 1. The highest BCUT2D eigenvalue weighted by atomic mass is 16.5. The number of likely N-dealkylation sites (tertiary alicyclic amines) is 1. The number of piperidine rings is 1. The average Bonchev–Trinajstić information content (AvgIpc) is 2.86. The number of ether oxygens (including phenoxy) is 1. The van der Waals surface area contributed by atoms with Gasteiger partial charge in [-0.25, -0.2) is 0 Å². The fourth-order valence-electron chi connectivity index (χ4n) is 3.77. The van der Waals surface area contributed by atoms with Crippen LogP contribution in [-0.2, 0) is 4.74 Å². The van der Waals surface area contributed by atoms with E-state index < -0.39 is 0 Å². The van der Waals surface area contributed by atoms with E-state index in [2.05, 4.69) is 37.9 Å². The van der Waals surface area contributed by atoms with Crippen molar-refractivity contribution in [1.29, 1.82) is 0 Å². The van der Waals surface area contributed by atoms with Crippen LogP contribution in [0.15, 0.2) is 0 Å². The number of hydrogen-bond acceptors (Lipinski definition) is 3. The molecule has 3 heteroatoms. The fourth-order valence-corrected chi connectivity index (χ4v) is 3.77. The molecule has 0 saturated carbocycles. The third-order valence-corrected chi connectivity index (χ3v) is 5.27. The molecule has 2 saturated heterocycles. The molecule has 2 fully saturated rings. The Kier molecular flexibility index (Phi) is 6.51. The van der Waals surface area contributed by atoms with Gasteiger partial charge in [-0.1, -0.05) is 27.7 Å². The highest BCUT2D eigenvalue weighted by Crippen LogP contribution is 2.34. The number of nitrogens with one attached hydrogen (secondary N) is 1. The summed E-state index contributed by atoms with van der Waals surface area (Å²) in [7, 11) is 0. The summed E-state index contributed by atoms with van der Waals surface area (Å²) in [6.45, 7) is 15.2. The Labute approximate surface area is 131 Å². The lowest BCUT2D eigenvalue weighted by Crippen LogP contribution is -2.41. The Morgan fingerprint density at radius 2 is 1.71 bits per heavy atom. The molecule has 2 atom stereocenters. The van der Waals surface area contributed by atoms with Crippen LogP contribution in [0.1, 0.15) is 59.8 Å². The van der Waals surface area contributed by atoms with E-state index in [1.165, 1.54) is 45.2 Å². The molecule has 0 radical (unpaired) electrons. The standard InChI is InChI=1S/C18H36N2O/c1-5-10-19-13-16-6-7-17(21-16)14-20-11-8-15(9-12-20)18(2,3)4/h15-17,19H,5-14H2,1-4H3. The zero-order valence-electron chi connectivity index (χ0n) is 14.7.